The highest BCUT2D eigenvalue weighted by Crippen LogP contribution is 2.35. The number of hydrogen-bond donors (Lipinski definition) is 0. The van der Waals surface area contributed by atoms with E-state index in [2.05, 4.69) is 4.98 Å². The number of anilines is 1. The van der Waals surface area contributed by atoms with Crippen LogP contribution in [0.2, 0.25) is 0 Å². The summed E-state index contributed by atoms with van der Waals surface area (Å²) >= 11 is 0. The van der Waals surface area contributed by atoms with Gasteiger partial charge in [-0.2, -0.15) is 4.31 Å². The van der Waals surface area contributed by atoms with E-state index in [4.69, 9.17) is 0 Å². The number of hydrogen-bond acceptors (Lipinski definition) is 5. The number of halogens is 5. The Balaban J connectivity index is 1.47. The lowest BCUT2D eigenvalue weighted by Crippen LogP contribution is -2.59. The van der Waals surface area contributed by atoms with Gasteiger partial charge >= 0.3 is 0 Å². The number of rotatable bonds is 7. The van der Waals surface area contributed by atoms with Crippen molar-refractivity contribution in [1.29, 1.82) is 0 Å². The fourth-order valence-corrected chi connectivity index (χ4v) is 7.12. The molecule has 5 rings (SSSR count). The maximum atomic E-state index is 14.4. The van der Waals surface area contributed by atoms with E-state index in [1.165, 1.54) is 30.3 Å². The van der Waals surface area contributed by atoms with E-state index in [-0.39, 0.29) is 18.7 Å². The Morgan fingerprint density at radius 3 is 2.14 bits per heavy atom. The lowest BCUT2D eigenvalue weighted by molar-refractivity contribution is -0.125. The fourth-order valence-electron chi connectivity index (χ4n) is 5.38. The van der Waals surface area contributed by atoms with Gasteiger partial charge in [0.15, 0.2) is 28.2 Å². The van der Waals surface area contributed by atoms with Crippen molar-refractivity contribution < 1.29 is 35.2 Å². The highest BCUT2D eigenvalue weighted by Gasteiger charge is 2.48. The second-order valence-corrected chi connectivity index (χ2v) is 12.3. The molecule has 8 nitrogen and oxygen atoms in total. The molecular weight excluding hydrogens is 583 g/mol. The van der Waals surface area contributed by atoms with Gasteiger partial charge in [-0.1, -0.05) is 25.3 Å². The first-order valence-electron chi connectivity index (χ1n) is 13.4. The standard InChI is InChI=1S/C28H27F5N4O4S/c1-35-11-9-19(13-21(35)38)36(15-18-8-7-17(14-34-18)16-5-3-2-4-6-16)28(39)20-10-12-37(20)42(40,41)27-25(32)23(30)22(29)24(31)26(27)33/h7-9,11,13-14,16,20H,2-6,10,12,15H2,1H3/t20-/m1/s1. The van der Waals surface area contributed by atoms with Crippen molar-refractivity contribution in [3.05, 3.63) is 87.4 Å². The monoisotopic (exact) mass is 610 g/mol. The molecule has 0 radical (unpaired) electrons. The van der Waals surface area contributed by atoms with Crippen molar-refractivity contribution >= 4 is 21.6 Å². The average molecular weight is 611 g/mol. The molecule has 3 heterocycles. The summed E-state index contributed by atoms with van der Waals surface area (Å²) in [7, 11) is -3.84. The van der Waals surface area contributed by atoms with E-state index in [0.29, 0.717) is 15.9 Å². The minimum Gasteiger partial charge on any atom is -0.318 e. The van der Waals surface area contributed by atoms with Gasteiger partial charge in [-0.05, 0) is 42.9 Å². The molecule has 2 aromatic heterocycles. The Kier molecular flexibility index (Phi) is 8.21. The molecule has 2 aliphatic rings. The predicted molar refractivity (Wildman–Crippen MR) is 141 cm³/mol. The Bertz CT molecular complexity index is 1660. The van der Waals surface area contributed by atoms with Crippen LogP contribution in [0.4, 0.5) is 27.6 Å². The Labute approximate surface area is 238 Å². The molecule has 1 amide bonds. The first-order valence-corrected chi connectivity index (χ1v) is 14.8. The average Bonchev–Trinajstić information content (AvgIpc) is 2.95. The number of carbonyl (C=O) groups is 1. The number of aryl methyl sites for hydroxylation is 1. The van der Waals surface area contributed by atoms with E-state index >= 15 is 0 Å². The molecule has 1 saturated carbocycles. The molecule has 0 unspecified atom stereocenters. The Morgan fingerprint density at radius 2 is 1.60 bits per heavy atom. The number of nitrogens with zero attached hydrogens (tertiary/aromatic N) is 4. The number of carbonyl (C=O) groups excluding carboxylic acids is 1. The molecule has 224 valence electrons. The van der Waals surface area contributed by atoms with Crippen LogP contribution < -0.4 is 10.5 Å². The predicted octanol–water partition coefficient (Wildman–Crippen LogP) is 4.52. The number of aromatic nitrogens is 2. The third kappa shape index (κ3) is 5.33. The summed E-state index contributed by atoms with van der Waals surface area (Å²) in [6.07, 6.45) is 8.58. The van der Waals surface area contributed by atoms with Gasteiger partial charge in [0.25, 0.3) is 5.56 Å². The largest absolute Gasteiger partial charge is 0.318 e. The van der Waals surface area contributed by atoms with Gasteiger partial charge in [0, 0.05) is 32.1 Å². The molecular formula is C28H27F5N4O4S. The molecule has 1 aliphatic heterocycles. The smallest absolute Gasteiger partial charge is 0.252 e. The molecule has 1 saturated heterocycles. The summed E-state index contributed by atoms with van der Waals surface area (Å²) in [6, 6.07) is 4.73. The first kappa shape index (κ1) is 29.8. The lowest BCUT2D eigenvalue weighted by Gasteiger charge is -2.41. The van der Waals surface area contributed by atoms with E-state index in [0.717, 1.165) is 42.2 Å². The Hall–Kier alpha value is -3.65. The molecule has 0 N–H and O–H groups in total. The van der Waals surface area contributed by atoms with Crippen LogP contribution in [-0.4, -0.2) is 40.8 Å². The molecule has 3 aromatic rings. The number of benzene rings is 1. The van der Waals surface area contributed by atoms with E-state index in [1.807, 2.05) is 6.07 Å². The SMILES string of the molecule is Cn1ccc(N(Cc2ccc(C3CCCCC3)cn2)C(=O)[C@H]2CCN2S(=O)(=O)c2c(F)c(F)c(F)c(F)c2F)cc1=O. The maximum Gasteiger partial charge on any atom is 0.252 e. The number of sulfonamides is 1. The number of amides is 1. The van der Waals surface area contributed by atoms with Crippen molar-refractivity contribution in [3.63, 3.8) is 0 Å². The summed E-state index contributed by atoms with van der Waals surface area (Å²) in [5.41, 5.74) is 1.13. The second-order valence-electron chi connectivity index (χ2n) is 10.5. The summed E-state index contributed by atoms with van der Waals surface area (Å²) in [6.45, 7) is -0.583. The minimum absolute atomic E-state index is 0.0944. The zero-order valence-corrected chi connectivity index (χ0v) is 23.3. The van der Waals surface area contributed by atoms with Gasteiger partial charge in [0.1, 0.15) is 6.04 Å². The Morgan fingerprint density at radius 1 is 0.952 bits per heavy atom. The zero-order chi connectivity index (χ0) is 30.3. The molecule has 0 spiro atoms. The van der Waals surface area contributed by atoms with Gasteiger partial charge < -0.3 is 9.47 Å². The van der Waals surface area contributed by atoms with Crippen LogP contribution in [0.5, 0.6) is 0 Å². The maximum absolute atomic E-state index is 14.4. The molecule has 1 atom stereocenters. The van der Waals surface area contributed by atoms with Gasteiger partial charge in [0.05, 0.1) is 17.9 Å². The summed E-state index contributed by atoms with van der Waals surface area (Å²) in [5.74, 6) is -12.9. The van der Waals surface area contributed by atoms with Gasteiger partial charge in [0.2, 0.25) is 21.7 Å². The van der Waals surface area contributed by atoms with E-state index < -0.39 is 68.1 Å². The summed E-state index contributed by atoms with van der Waals surface area (Å²) < 4.78 is 98.0. The summed E-state index contributed by atoms with van der Waals surface area (Å²) in [4.78, 5) is 29.7. The van der Waals surface area contributed by atoms with Crippen molar-refractivity contribution in [1.82, 2.24) is 13.9 Å². The van der Waals surface area contributed by atoms with Crippen molar-refractivity contribution in [3.8, 4) is 0 Å². The van der Waals surface area contributed by atoms with Gasteiger partial charge in [-0.25, -0.2) is 30.4 Å². The van der Waals surface area contributed by atoms with Crippen LogP contribution in [0.1, 0.15) is 55.7 Å². The molecule has 1 aromatic carbocycles. The van der Waals surface area contributed by atoms with Gasteiger partial charge in [-0.3, -0.25) is 14.6 Å². The topological polar surface area (TPSA) is 92.6 Å². The minimum atomic E-state index is -5.33. The lowest BCUT2D eigenvalue weighted by atomic mass is 9.85. The third-order valence-electron chi connectivity index (χ3n) is 7.90. The van der Waals surface area contributed by atoms with E-state index in [1.54, 1.807) is 12.3 Å². The van der Waals surface area contributed by atoms with Crippen LogP contribution in [0.25, 0.3) is 0 Å². The fraction of sp³-hybridized carbons (Fsp3) is 0.393. The summed E-state index contributed by atoms with van der Waals surface area (Å²) in [5, 5.41) is 0. The van der Waals surface area contributed by atoms with Crippen LogP contribution in [0.3, 0.4) is 0 Å². The van der Waals surface area contributed by atoms with Crippen LogP contribution in [0.15, 0.2) is 46.3 Å². The molecule has 42 heavy (non-hydrogen) atoms. The van der Waals surface area contributed by atoms with Crippen molar-refractivity contribution in [2.75, 3.05) is 11.4 Å². The van der Waals surface area contributed by atoms with Crippen molar-refractivity contribution in [2.45, 2.75) is 61.9 Å². The van der Waals surface area contributed by atoms with Crippen LogP contribution >= 0.6 is 0 Å². The first-order chi connectivity index (χ1) is 19.9. The molecule has 2 fully saturated rings. The second kappa shape index (κ2) is 11.6. The highest BCUT2D eigenvalue weighted by atomic mass is 32.2. The van der Waals surface area contributed by atoms with Crippen molar-refractivity contribution in [2.24, 2.45) is 7.05 Å². The van der Waals surface area contributed by atoms with Crippen LogP contribution in [0, 0.1) is 29.1 Å². The zero-order valence-electron chi connectivity index (χ0n) is 22.5. The van der Waals surface area contributed by atoms with Crippen LogP contribution in [-0.2, 0) is 28.4 Å². The van der Waals surface area contributed by atoms with E-state index in [9.17, 15) is 40.0 Å². The molecule has 1 aliphatic carbocycles. The third-order valence-corrected chi connectivity index (χ3v) is 9.83. The quantitative estimate of drug-likeness (QED) is 0.223. The number of pyridine rings is 2. The molecule has 0 bridgehead atoms. The normalized spacial score (nSPS) is 18.1. The van der Waals surface area contributed by atoms with Gasteiger partial charge in [-0.15, -0.1) is 0 Å². The highest BCUT2D eigenvalue weighted by molar-refractivity contribution is 7.89. The molecule has 14 heteroatoms.